The number of hydrogen-bond acceptors (Lipinski definition) is 21. The van der Waals surface area contributed by atoms with Crippen molar-refractivity contribution in [1.82, 2.24) is 45.5 Å². The van der Waals surface area contributed by atoms with Crippen LogP contribution in [0, 0.1) is 35.0 Å². The molecule has 2 unspecified atom stereocenters. The third-order valence-corrected chi connectivity index (χ3v) is 23.3. The smallest absolute Gasteiger partial charge is 0.410 e. The lowest BCUT2D eigenvalue weighted by Crippen LogP contribution is -2.64. The van der Waals surface area contributed by atoms with Gasteiger partial charge in [-0.15, -0.1) is 0 Å². The van der Waals surface area contributed by atoms with Gasteiger partial charge in [-0.05, 0) is 158 Å². The number of nitrogens with two attached hydrogens (primary N) is 1. The summed E-state index contributed by atoms with van der Waals surface area (Å²) in [6.07, 6.45) is 1.63. The van der Waals surface area contributed by atoms with Crippen molar-refractivity contribution >= 4 is 109 Å². The molecular weight excluding hydrogens is 1490 g/mol. The van der Waals surface area contributed by atoms with Crippen LogP contribution >= 0.6 is 11.3 Å². The summed E-state index contributed by atoms with van der Waals surface area (Å²) in [5.41, 5.74) is 8.36. The van der Waals surface area contributed by atoms with Crippen molar-refractivity contribution in [2.24, 2.45) is 33.8 Å². The maximum absolute atomic E-state index is 14.4. The van der Waals surface area contributed by atoms with Gasteiger partial charge in [-0.2, -0.15) is 5.10 Å². The summed E-state index contributed by atoms with van der Waals surface area (Å²) < 4.78 is 21.4. The van der Waals surface area contributed by atoms with Gasteiger partial charge in [-0.3, -0.25) is 53.3 Å². The number of anilines is 2. The highest BCUT2D eigenvalue weighted by Crippen LogP contribution is 2.72. The Morgan fingerprint density at radius 2 is 1.48 bits per heavy atom. The van der Waals surface area contributed by atoms with E-state index in [1.165, 1.54) is 28.4 Å². The number of thiazole rings is 1. The fourth-order valence-corrected chi connectivity index (χ4v) is 19.0. The maximum Gasteiger partial charge on any atom is 0.410 e. The number of primary amides is 1. The van der Waals surface area contributed by atoms with Crippen LogP contribution in [0.1, 0.15) is 150 Å². The summed E-state index contributed by atoms with van der Waals surface area (Å²) in [4.78, 5) is 155. The molecule has 4 heterocycles. The zero-order valence-electron chi connectivity index (χ0n) is 64.1. The summed E-state index contributed by atoms with van der Waals surface area (Å²) in [5, 5.41) is 72.8. The second-order valence-corrected chi connectivity index (χ2v) is 33.0. The number of para-hydroxylation sites is 1. The number of aliphatic carboxylic acids is 1. The third kappa shape index (κ3) is 19.2. The molecule has 9 atom stereocenters. The molecule has 7 aromatic rings. The number of unbranched alkanes of at least 4 members (excludes halogenated alkanes) is 2. The number of benzene rings is 4. The molecule has 4 bridgehead atoms. The number of fused-ring (bicyclic) bond motifs is 2. The van der Waals surface area contributed by atoms with E-state index in [1.54, 1.807) is 68.6 Å². The lowest BCUT2D eigenvalue weighted by Gasteiger charge is -2.69. The van der Waals surface area contributed by atoms with Crippen LogP contribution < -0.4 is 32.3 Å². The minimum atomic E-state index is -1.93. The van der Waals surface area contributed by atoms with Crippen LogP contribution in [0.15, 0.2) is 115 Å². The number of ether oxygens (including phenoxy) is 3. The highest BCUT2D eigenvalue weighted by molar-refractivity contribution is 7.22. The molecule has 9 amide bonds. The largest absolute Gasteiger partial charge is 0.481 e. The molecule has 31 nitrogen and oxygen atoms in total. The zero-order chi connectivity index (χ0) is 81.6. The van der Waals surface area contributed by atoms with Crippen molar-refractivity contribution in [3.8, 4) is 22.4 Å². The Kier molecular flexibility index (Phi) is 25.1. The number of rotatable bonds is 34. The van der Waals surface area contributed by atoms with E-state index in [-0.39, 0.29) is 86.5 Å². The number of esters is 1. The number of carboxylic acids is 2. The van der Waals surface area contributed by atoms with E-state index in [2.05, 4.69) is 45.4 Å². The first-order chi connectivity index (χ1) is 54.3. The van der Waals surface area contributed by atoms with Crippen LogP contribution in [0.25, 0.3) is 43.4 Å². The normalized spacial score (nSPS) is 23.3. The van der Waals surface area contributed by atoms with Crippen molar-refractivity contribution in [2.75, 3.05) is 43.4 Å². The number of hydrogen-bond donors (Lipinski definition) is 11. The predicted octanol–water partition coefficient (Wildman–Crippen LogP) is 8.40. The van der Waals surface area contributed by atoms with Gasteiger partial charge < -0.3 is 71.6 Å². The van der Waals surface area contributed by atoms with E-state index in [1.807, 2.05) is 60.1 Å². The van der Waals surface area contributed by atoms with E-state index in [0.717, 1.165) is 45.5 Å². The summed E-state index contributed by atoms with van der Waals surface area (Å²) in [6.45, 7) is 10.00. The molecule has 5 aliphatic carbocycles. The van der Waals surface area contributed by atoms with E-state index in [0.29, 0.717) is 94.8 Å². The number of carboxylic acid groups (broad SMARTS) is 2. The van der Waals surface area contributed by atoms with Gasteiger partial charge in [0.25, 0.3) is 17.7 Å². The van der Waals surface area contributed by atoms with Crippen LogP contribution in [-0.2, 0) is 60.9 Å². The minimum absolute atomic E-state index is 0.0102. The number of amides is 9. The topological polar surface area (TPSA) is 453 Å². The number of nitrogens with one attached hydrogen (secondary N) is 5. The van der Waals surface area contributed by atoms with E-state index in [9.17, 15) is 78.3 Å². The summed E-state index contributed by atoms with van der Waals surface area (Å²) in [6, 6.07) is 25.4. The van der Waals surface area contributed by atoms with Gasteiger partial charge in [0, 0.05) is 91.4 Å². The van der Waals surface area contributed by atoms with Gasteiger partial charge >= 0.3 is 30.0 Å². The minimum Gasteiger partial charge on any atom is -0.481 e. The number of imide groups is 1. The quantitative estimate of drug-likeness (QED) is 0.0102. The summed E-state index contributed by atoms with van der Waals surface area (Å²) in [7, 11) is 0. The fourth-order valence-electron chi connectivity index (χ4n) is 18.1. The first-order valence-corrected chi connectivity index (χ1v) is 39.2. The Morgan fingerprint density at radius 1 is 0.746 bits per heavy atom. The van der Waals surface area contributed by atoms with Crippen molar-refractivity contribution in [1.29, 1.82) is 0 Å². The van der Waals surface area contributed by atoms with Crippen LogP contribution in [0.5, 0.6) is 0 Å². The summed E-state index contributed by atoms with van der Waals surface area (Å²) in [5.74, 6) is -8.42. The van der Waals surface area contributed by atoms with Gasteiger partial charge in [0.15, 0.2) is 10.8 Å². The molecule has 0 spiro atoms. The second-order valence-electron chi connectivity index (χ2n) is 32.0. The Morgan fingerprint density at radius 3 is 2.18 bits per heavy atom. The number of aromatic carboxylic acids is 1. The van der Waals surface area contributed by atoms with Crippen LogP contribution in [0.2, 0.25) is 0 Å². The number of aromatic nitrogens is 4. The molecule has 604 valence electrons. The average molecular weight is 1590 g/mol. The Bertz CT molecular complexity index is 4820. The molecule has 3 aromatic heterocycles. The molecule has 6 aliphatic rings. The average Bonchev–Trinajstić information content (AvgIpc) is 0.800. The molecular formula is C82H96N12O19S. The third-order valence-electron chi connectivity index (χ3n) is 22.4. The van der Waals surface area contributed by atoms with Crippen molar-refractivity contribution < 1.29 is 92.5 Å². The molecule has 12 N–H and O–H groups in total. The maximum atomic E-state index is 14.4. The molecule has 32 heteroatoms. The molecule has 0 saturated heterocycles. The molecule has 13 rings (SSSR count). The number of urea groups is 1. The number of nitrogens with zero attached hydrogens (tertiary/aromatic N) is 6. The van der Waals surface area contributed by atoms with E-state index in [4.69, 9.17) is 30.0 Å². The van der Waals surface area contributed by atoms with Gasteiger partial charge in [-0.25, -0.2) is 24.4 Å². The van der Waals surface area contributed by atoms with Crippen molar-refractivity contribution in [2.45, 2.75) is 180 Å². The SMILES string of the molecule is Cc1c(-c2ccc(-c3ccc4cccc(C(=O)Nc5nc6ccccc6s5)c4c3)nc2C(=O)O)cnn1CC12CC3(C)CC(C)(C1)CC(OCCN(CCC(=O)O[C@H]1C[C@@H](C(=O)O)[C@H](O)[C@@H](O)[C@@H]1O)C(=O)OCc1ccc(NC(=O)[C@H](CCCNC(N)=O)NC(=O)[C@@H](NC(=O)CCCCCN4C(=O)C=CC4=O)C(C)C)cc1)(C3)C2. The van der Waals surface area contributed by atoms with E-state index >= 15 is 0 Å². The molecule has 0 radical (unpaired) electrons. The highest BCUT2D eigenvalue weighted by Gasteiger charge is 2.66. The van der Waals surface area contributed by atoms with Gasteiger partial charge in [0.2, 0.25) is 17.7 Å². The van der Waals surface area contributed by atoms with Crippen LogP contribution in [0.3, 0.4) is 0 Å². The van der Waals surface area contributed by atoms with Crippen LogP contribution in [0.4, 0.5) is 20.4 Å². The van der Waals surface area contributed by atoms with Gasteiger partial charge in [0.1, 0.15) is 37.0 Å². The van der Waals surface area contributed by atoms with Gasteiger partial charge in [0.05, 0.1) is 52.8 Å². The van der Waals surface area contributed by atoms with Crippen LogP contribution in [-0.4, -0.2) is 195 Å². The predicted molar refractivity (Wildman–Crippen MR) is 418 cm³/mol. The fraction of sp³-hybridized carbons (Fsp3) is 0.463. The monoisotopic (exact) mass is 1580 g/mol. The first-order valence-electron chi connectivity index (χ1n) is 38.3. The summed E-state index contributed by atoms with van der Waals surface area (Å²) >= 11 is 1.37. The molecule has 1 aliphatic heterocycles. The Balaban J connectivity index is 0.703. The Hall–Kier alpha value is -11.1. The van der Waals surface area contributed by atoms with Crippen molar-refractivity contribution in [3.05, 3.63) is 138 Å². The molecule has 5 fully saturated rings. The Labute approximate surface area is 660 Å². The lowest BCUT2D eigenvalue weighted by atomic mass is 9.39. The van der Waals surface area contributed by atoms with Crippen molar-refractivity contribution in [3.63, 3.8) is 0 Å². The number of aliphatic hydroxyl groups excluding tert-OH is 3. The molecule has 4 aromatic carbocycles. The number of carbonyl (C=O) groups is 11. The standard InChI is InChI=1S/C82H96N12O19S/c1-46(2)66(90-62(95)18-7-6-10-31-93-63(96)27-28-64(93)97)73(104)88-59(16-12-30-84-76(83)109)72(103)86-51-23-19-48(20-24-51)38-111-78(110)92(32-29-65(98)113-60-36-55(74(105)106)68(99)70(101)69(60)100)33-34-112-82-42-79(4)39-80(5,43-82)41-81(40-79,44-82)45-94-47(3)56(37-85-94)52-25-26-57(87-67(52)75(107)108)50-22-21-49-13-11-14-53(54(49)35-50)71(102)91-77-89-58-15-8-9-17-61(58)114-77/h8-9,11,13-15,17,19-28,35,37,46,55,59-60,66,68-70,99-101H,6-7,10,12,16,18,29-34,36,38-45H2,1-5H3,(H,86,103)(H,88,104)(H,90,95)(H,105,106)(H,107,108)(H3,83,84,109)(H,89,91,102)/t55-,59+,60+,66+,68+,69-,70-,79?,80?,81?,82?/m1/s1. The number of carbonyl (C=O) groups excluding carboxylic acids is 9. The van der Waals surface area contributed by atoms with E-state index < -0.39 is 126 Å². The molecule has 114 heavy (non-hydrogen) atoms. The van der Waals surface area contributed by atoms with Gasteiger partial charge in [-0.1, -0.05) is 94.0 Å². The lowest BCUT2D eigenvalue weighted by molar-refractivity contribution is -0.248. The highest BCUT2D eigenvalue weighted by atomic mass is 32.1. The number of pyridine rings is 1. The zero-order valence-corrected chi connectivity index (χ0v) is 64.9. The first kappa shape index (κ1) is 82.4. The number of aliphatic hydroxyl groups is 3. The molecule has 5 saturated carbocycles. The second kappa shape index (κ2) is 34.7.